The maximum Gasteiger partial charge on any atom is 0.160 e. The van der Waals surface area contributed by atoms with Crippen molar-refractivity contribution in [2.75, 3.05) is 12.8 Å². The fraction of sp³-hybridized carbons (Fsp3) is 0.111. The molecule has 0 aliphatic carbocycles. The van der Waals surface area contributed by atoms with Crippen LogP contribution in [-0.4, -0.2) is 7.11 Å². The van der Waals surface area contributed by atoms with E-state index in [1.165, 1.54) is 0 Å². The van der Waals surface area contributed by atoms with Crippen molar-refractivity contribution in [1.29, 1.82) is 0 Å². The normalized spacial score (nSPS) is 10.4. The highest BCUT2D eigenvalue weighted by Crippen LogP contribution is 2.30. The fourth-order valence-corrected chi connectivity index (χ4v) is 1.24. The standard InChI is InChI=1S/C9H9NO2/c1-11-8-3-2-7(10)9-6(8)4-5-12-9/h2-5H,10H2,1H3. The summed E-state index contributed by atoms with van der Waals surface area (Å²) in [4.78, 5) is 0. The number of anilines is 1. The monoisotopic (exact) mass is 163 g/mol. The predicted molar refractivity (Wildman–Crippen MR) is 47.2 cm³/mol. The molecule has 0 bridgehead atoms. The molecule has 0 amide bonds. The van der Waals surface area contributed by atoms with E-state index in [2.05, 4.69) is 0 Å². The van der Waals surface area contributed by atoms with E-state index in [4.69, 9.17) is 14.9 Å². The zero-order valence-electron chi connectivity index (χ0n) is 6.70. The van der Waals surface area contributed by atoms with Crippen molar-refractivity contribution in [3.8, 4) is 5.75 Å². The van der Waals surface area contributed by atoms with Gasteiger partial charge in [-0.25, -0.2) is 0 Å². The lowest BCUT2D eigenvalue weighted by molar-refractivity contribution is 0.419. The van der Waals surface area contributed by atoms with Gasteiger partial charge in [0.1, 0.15) is 5.75 Å². The molecule has 12 heavy (non-hydrogen) atoms. The number of methoxy groups -OCH3 is 1. The van der Waals surface area contributed by atoms with Gasteiger partial charge in [-0.2, -0.15) is 0 Å². The number of fused-ring (bicyclic) bond motifs is 1. The van der Waals surface area contributed by atoms with Crippen molar-refractivity contribution in [2.24, 2.45) is 0 Å². The van der Waals surface area contributed by atoms with Crippen molar-refractivity contribution in [2.45, 2.75) is 0 Å². The third-order valence-corrected chi connectivity index (χ3v) is 1.83. The van der Waals surface area contributed by atoms with Crippen molar-refractivity contribution >= 4 is 16.7 Å². The molecule has 2 aromatic rings. The number of nitrogens with two attached hydrogens (primary N) is 1. The minimum absolute atomic E-state index is 0.635. The molecule has 0 atom stereocenters. The Labute approximate surface area is 69.7 Å². The van der Waals surface area contributed by atoms with Gasteiger partial charge in [0.2, 0.25) is 0 Å². The fourth-order valence-electron chi connectivity index (χ4n) is 1.24. The second-order valence-electron chi connectivity index (χ2n) is 2.52. The van der Waals surface area contributed by atoms with E-state index in [9.17, 15) is 0 Å². The van der Waals surface area contributed by atoms with Crippen LogP contribution in [0.4, 0.5) is 5.69 Å². The molecule has 1 aromatic carbocycles. The first-order chi connectivity index (χ1) is 5.83. The Hall–Kier alpha value is -1.64. The first-order valence-electron chi connectivity index (χ1n) is 3.62. The second kappa shape index (κ2) is 2.44. The number of rotatable bonds is 1. The maximum absolute atomic E-state index is 5.67. The molecule has 0 spiro atoms. The summed E-state index contributed by atoms with van der Waals surface area (Å²) in [5.41, 5.74) is 7.00. The van der Waals surface area contributed by atoms with Crippen LogP contribution in [0.2, 0.25) is 0 Å². The number of furan rings is 1. The summed E-state index contributed by atoms with van der Waals surface area (Å²) in [6, 6.07) is 5.43. The molecule has 1 aromatic heterocycles. The average Bonchev–Trinajstić information content (AvgIpc) is 2.54. The number of ether oxygens (including phenoxy) is 1. The van der Waals surface area contributed by atoms with E-state index in [0.29, 0.717) is 11.3 Å². The van der Waals surface area contributed by atoms with Crippen LogP contribution in [-0.2, 0) is 0 Å². The van der Waals surface area contributed by atoms with Gasteiger partial charge in [-0.15, -0.1) is 0 Å². The zero-order chi connectivity index (χ0) is 8.55. The lowest BCUT2D eigenvalue weighted by Gasteiger charge is -2.01. The summed E-state index contributed by atoms with van der Waals surface area (Å²) < 4.78 is 10.3. The minimum Gasteiger partial charge on any atom is -0.496 e. The summed E-state index contributed by atoms with van der Waals surface area (Å²) >= 11 is 0. The lowest BCUT2D eigenvalue weighted by atomic mass is 10.2. The third-order valence-electron chi connectivity index (χ3n) is 1.83. The van der Waals surface area contributed by atoms with Gasteiger partial charge in [0.25, 0.3) is 0 Å². The van der Waals surface area contributed by atoms with E-state index in [-0.39, 0.29) is 0 Å². The quantitative estimate of drug-likeness (QED) is 0.654. The highest BCUT2D eigenvalue weighted by Gasteiger charge is 2.05. The Bertz CT molecular complexity index is 406. The van der Waals surface area contributed by atoms with Gasteiger partial charge in [-0.1, -0.05) is 0 Å². The molecule has 0 saturated carbocycles. The molecule has 2 N–H and O–H groups in total. The van der Waals surface area contributed by atoms with Crippen molar-refractivity contribution in [3.63, 3.8) is 0 Å². The lowest BCUT2D eigenvalue weighted by Crippen LogP contribution is -1.87. The number of benzene rings is 1. The minimum atomic E-state index is 0.635. The first-order valence-corrected chi connectivity index (χ1v) is 3.62. The van der Waals surface area contributed by atoms with Crippen LogP contribution in [0, 0.1) is 0 Å². The first kappa shape index (κ1) is 7.03. The van der Waals surface area contributed by atoms with Crippen LogP contribution >= 0.6 is 0 Å². The van der Waals surface area contributed by atoms with Gasteiger partial charge in [0, 0.05) is 0 Å². The molecule has 3 nitrogen and oxygen atoms in total. The van der Waals surface area contributed by atoms with Crippen LogP contribution in [0.3, 0.4) is 0 Å². The molecular weight excluding hydrogens is 154 g/mol. The molecule has 0 saturated heterocycles. The third kappa shape index (κ3) is 0.830. The van der Waals surface area contributed by atoms with Gasteiger partial charge in [-0.05, 0) is 18.2 Å². The molecular formula is C9H9NO2. The Morgan fingerprint density at radius 2 is 2.17 bits per heavy atom. The number of hydrogen-bond acceptors (Lipinski definition) is 3. The van der Waals surface area contributed by atoms with E-state index in [1.807, 2.05) is 12.1 Å². The van der Waals surface area contributed by atoms with Crippen molar-refractivity contribution in [1.82, 2.24) is 0 Å². The van der Waals surface area contributed by atoms with Crippen LogP contribution in [0.15, 0.2) is 28.9 Å². The Morgan fingerprint density at radius 1 is 1.33 bits per heavy atom. The predicted octanol–water partition coefficient (Wildman–Crippen LogP) is 2.02. The van der Waals surface area contributed by atoms with Gasteiger partial charge in [0.05, 0.1) is 24.4 Å². The van der Waals surface area contributed by atoms with Gasteiger partial charge < -0.3 is 14.9 Å². The summed E-state index contributed by atoms with van der Waals surface area (Å²) in [7, 11) is 1.62. The van der Waals surface area contributed by atoms with Crippen LogP contribution in [0.1, 0.15) is 0 Å². The average molecular weight is 163 g/mol. The highest BCUT2D eigenvalue weighted by atomic mass is 16.5. The molecule has 2 rings (SSSR count). The maximum atomic E-state index is 5.67. The number of hydrogen-bond donors (Lipinski definition) is 1. The molecule has 0 unspecified atom stereocenters. The molecule has 0 aliphatic rings. The highest BCUT2D eigenvalue weighted by molar-refractivity contribution is 5.92. The summed E-state index contributed by atoms with van der Waals surface area (Å²) in [5, 5.41) is 0.914. The molecule has 0 aliphatic heterocycles. The van der Waals surface area contributed by atoms with Crippen molar-refractivity contribution in [3.05, 3.63) is 24.5 Å². The molecule has 0 fully saturated rings. The Balaban J connectivity index is 2.82. The summed E-state index contributed by atoms with van der Waals surface area (Å²) in [6.07, 6.45) is 1.60. The van der Waals surface area contributed by atoms with Crippen LogP contribution in [0.25, 0.3) is 11.0 Å². The Kier molecular flexibility index (Phi) is 1.43. The smallest absolute Gasteiger partial charge is 0.160 e. The second-order valence-corrected chi connectivity index (χ2v) is 2.52. The molecule has 3 heteroatoms. The van der Waals surface area contributed by atoms with Gasteiger partial charge in [0.15, 0.2) is 5.58 Å². The van der Waals surface area contributed by atoms with E-state index in [0.717, 1.165) is 11.1 Å². The molecule has 62 valence electrons. The largest absolute Gasteiger partial charge is 0.496 e. The zero-order valence-corrected chi connectivity index (χ0v) is 6.70. The van der Waals surface area contributed by atoms with Crippen LogP contribution in [0.5, 0.6) is 5.75 Å². The number of nitrogen functional groups attached to an aromatic ring is 1. The summed E-state index contributed by atoms with van der Waals surface area (Å²) in [5.74, 6) is 0.785. The SMILES string of the molecule is COc1ccc(N)c2occc12. The van der Waals surface area contributed by atoms with Gasteiger partial charge in [-0.3, -0.25) is 0 Å². The van der Waals surface area contributed by atoms with E-state index >= 15 is 0 Å². The molecule has 1 heterocycles. The molecule has 0 radical (unpaired) electrons. The Morgan fingerprint density at radius 3 is 2.92 bits per heavy atom. The topological polar surface area (TPSA) is 48.4 Å². The van der Waals surface area contributed by atoms with E-state index < -0.39 is 0 Å². The van der Waals surface area contributed by atoms with Crippen LogP contribution < -0.4 is 10.5 Å². The van der Waals surface area contributed by atoms with E-state index in [1.54, 1.807) is 19.4 Å². The van der Waals surface area contributed by atoms with Gasteiger partial charge >= 0.3 is 0 Å². The summed E-state index contributed by atoms with van der Waals surface area (Å²) in [6.45, 7) is 0. The van der Waals surface area contributed by atoms with Crippen molar-refractivity contribution < 1.29 is 9.15 Å².